The molecule has 0 unspecified atom stereocenters. The van der Waals surface area contributed by atoms with Crippen LogP contribution in [0.5, 0.6) is 0 Å². The predicted octanol–water partition coefficient (Wildman–Crippen LogP) is 3.43. The minimum absolute atomic E-state index is 0.161. The Kier molecular flexibility index (Phi) is 6.09. The zero-order valence-corrected chi connectivity index (χ0v) is 18.6. The topological polar surface area (TPSA) is 86.0 Å². The number of aryl methyl sites for hydroxylation is 1. The van der Waals surface area contributed by atoms with Gasteiger partial charge in [-0.25, -0.2) is 14.4 Å². The molecule has 0 spiro atoms. The minimum Gasteiger partial charge on any atom is -0.377 e. The van der Waals surface area contributed by atoms with Crippen molar-refractivity contribution in [2.45, 2.75) is 19.4 Å². The fraction of sp³-hybridized carbons (Fsp3) is 0.240. The number of ether oxygens (including phenoxy) is 1. The van der Waals surface area contributed by atoms with E-state index in [4.69, 9.17) is 4.74 Å². The summed E-state index contributed by atoms with van der Waals surface area (Å²) in [4.78, 5) is 24.1. The fourth-order valence-corrected chi connectivity index (χ4v) is 4.36. The Morgan fingerprint density at radius 1 is 1.12 bits per heavy atom. The maximum absolute atomic E-state index is 14.9. The van der Waals surface area contributed by atoms with Gasteiger partial charge in [0.25, 0.3) is 0 Å². The number of aldehydes is 1. The van der Waals surface area contributed by atoms with E-state index in [0.717, 1.165) is 23.1 Å². The van der Waals surface area contributed by atoms with Gasteiger partial charge in [0.15, 0.2) is 12.1 Å². The van der Waals surface area contributed by atoms with Crippen LogP contribution in [-0.2, 0) is 11.2 Å². The normalized spacial score (nSPS) is 15.9. The fourth-order valence-electron chi connectivity index (χ4n) is 4.36. The van der Waals surface area contributed by atoms with Crippen molar-refractivity contribution in [3.05, 3.63) is 83.7 Å². The van der Waals surface area contributed by atoms with E-state index in [1.807, 2.05) is 19.1 Å². The zero-order chi connectivity index (χ0) is 23.5. The molecule has 1 aliphatic rings. The molecule has 1 aliphatic heterocycles. The molecule has 0 N–H and O–H groups in total. The van der Waals surface area contributed by atoms with Crippen molar-refractivity contribution in [2.24, 2.45) is 0 Å². The third-order valence-corrected chi connectivity index (χ3v) is 5.87. The molecular weight excluding hydrogens is 435 g/mol. The SMILES string of the molecule is Cc1cc(C=O)c(-n2nccn2)c(N2CCOC[C@H]2Cc2cc(-c3ncccn3)ccc2F)c1. The Morgan fingerprint density at radius 3 is 2.68 bits per heavy atom. The zero-order valence-electron chi connectivity index (χ0n) is 18.6. The highest BCUT2D eigenvalue weighted by Crippen LogP contribution is 2.32. The van der Waals surface area contributed by atoms with Crippen LogP contribution in [0.25, 0.3) is 17.1 Å². The van der Waals surface area contributed by atoms with Crippen molar-refractivity contribution in [3.8, 4) is 17.1 Å². The summed E-state index contributed by atoms with van der Waals surface area (Å²) in [5.74, 6) is 0.249. The molecule has 34 heavy (non-hydrogen) atoms. The first-order valence-corrected chi connectivity index (χ1v) is 11.0. The van der Waals surface area contributed by atoms with Crippen LogP contribution < -0.4 is 4.90 Å². The van der Waals surface area contributed by atoms with Gasteiger partial charge in [0.05, 0.1) is 37.3 Å². The van der Waals surface area contributed by atoms with Crippen molar-refractivity contribution in [1.82, 2.24) is 25.0 Å². The van der Waals surface area contributed by atoms with E-state index in [9.17, 15) is 9.18 Å². The largest absolute Gasteiger partial charge is 0.377 e. The molecule has 2 aromatic carbocycles. The van der Waals surface area contributed by atoms with Gasteiger partial charge in [-0.05, 0) is 60.9 Å². The monoisotopic (exact) mass is 458 g/mol. The molecule has 8 nitrogen and oxygen atoms in total. The van der Waals surface area contributed by atoms with E-state index in [2.05, 4.69) is 25.1 Å². The molecule has 1 fully saturated rings. The van der Waals surface area contributed by atoms with Gasteiger partial charge in [-0.2, -0.15) is 10.2 Å². The quantitative estimate of drug-likeness (QED) is 0.409. The minimum atomic E-state index is -0.294. The molecule has 3 heterocycles. The number of anilines is 1. The Morgan fingerprint density at radius 2 is 1.91 bits per heavy atom. The number of carbonyl (C=O) groups excluding carboxylic acids is 1. The van der Waals surface area contributed by atoms with E-state index in [1.54, 1.807) is 43.0 Å². The molecular formula is C25H23FN6O2. The van der Waals surface area contributed by atoms with Gasteiger partial charge in [0.1, 0.15) is 11.5 Å². The third kappa shape index (κ3) is 4.29. The van der Waals surface area contributed by atoms with E-state index >= 15 is 0 Å². The van der Waals surface area contributed by atoms with Crippen LogP contribution in [-0.4, -0.2) is 57.0 Å². The van der Waals surface area contributed by atoms with Crippen molar-refractivity contribution in [2.75, 3.05) is 24.7 Å². The number of benzene rings is 2. The summed E-state index contributed by atoms with van der Waals surface area (Å²) in [6.45, 7) is 3.47. The average molecular weight is 458 g/mol. The lowest BCUT2D eigenvalue weighted by Crippen LogP contribution is -2.47. The summed E-state index contributed by atoms with van der Waals surface area (Å²) in [7, 11) is 0. The maximum Gasteiger partial charge on any atom is 0.159 e. The first-order valence-electron chi connectivity index (χ1n) is 11.0. The van der Waals surface area contributed by atoms with Crippen LogP contribution in [0.1, 0.15) is 21.5 Å². The van der Waals surface area contributed by atoms with E-state index < -0.39 is 0 Å². The number of hydrogen-bond donors (Lipinski definition) is 0. The first kappa shape index (κ1) is 21.8. The lowest BCUT2D eigenvalue weighted by atomic mass is 9.99. The smallest absolute Gasteiger partial charge is 0.159 e. The lowest BCUT2D eigenvalue weighted by Gasteiger charge is -2.38. The van der Waals surface area contributed by atoms with E-state index in [0.29, 0.717) is 48.8 Å². The second-order valence-electron chi connectivity index (χ2n) is 8.16. The molecule has 172 valence electrons. The van der Waals surface area contributed by atoms with Crippen LogP contribution in [0.2, 0.25) is 0 Å². The molecule has 2 aromatic heterocycles. The van der Waals surface area contributed by atoms with Crippen molar-refractivity contribution >= 4 is 12.0 Å². The van der Waals surface area contributed by atoms with Crippen molar-refractivity contribution in [3.63, 3.8) is 0 Å². The Balaban J connectivity index is 1.54. The highest BCUT2D eigenvalue weighted by Gasteiger charge is 2.28. The number of morpholine rings is 1. The number of hydrogen-bond acceptors (Lipinski definition) is 7. The Bertz CT molecular complexity index is 1300. The summed E-state index contributed by atoms with van der Waals surface area (Å²) in [6, 6.07) is 10.3. The molecule has 1 saturated heterocycles. The van der Waals surface area contributed by atoms with Crippen LogP contribution >= 0.6 is 0 Å². The molecule has 0 radical (unpaired) electrons. The van der Waals surface area contributed by atoms with E-state index in [-0.39, 0.29) is 11.9 Å². The Hall–Kier alpha value is -3.98. The van der Waals surface area contributed by atoms with Crippen LogP contribution in [0, 0.1) is 12.7 Å². The van der Waals surface area contributed by atoms with Gasteiger partial charge < -0.3 is 9.64 Å². The first-order chi connectivity index (χ1) is 16.6. The molecule has 9 heteroatoms. The summed E-state index contributed by atoms with van der Waals surface area (Å²) < 4.78 is 20.7. The van der Waals surface area contributed by atoms with Crippen LogP contribution in [0.3, 0.4) is 0 Å². The third-order valence-electron chi connectivity index (χ3n) is 5.87. The van der Waals surface area contributed by atoms with Crippen LogP contribution in [0.4, 0.5) is 10.1 Å². The maximum atomic E-state index is 14.9. The number of nitrogens with zero attached hydrogens (tertiary/aromatic N) is 6. The van der Waals surface area contributed by atoms with Crippen molar-refractivity contribution < 1.29 is 13.9 Å². The summed E-state index contributed by atoms with van der Waals surface area (Å²) >= 11 is 0. The van der Waals surface area contributed by atoms with Crippen LogP contribution in [0.15, 0.2) is 61.2 Å². The van der Waals surface area contributed by atoms with Gasteiger partial charge in [0, 0.05) is 30.1 Å². The van der Waals surface area contributed by atoms with Gasteiger partial charge >= 0.3 is 0 Å². The lowest BCUT2D eigenvalue weighted by molar-refractivity contribution is 0.0938. The van der Waals surface area contributed by atoms with Gasteiger partial charge in [0.2, 0.25) is 0 Å². The van der Waals surface area contributed by atoms with Crippen molar-refractivity contribution in [1.29, 1.82) is 0 Å². The summed E-state index contributed by atoms with van der Waals surface area (Å²) in [5.41, 5.74) is 4.14. The predicted molar refractivity (Wildman–Crippen MR) is 125 cm³/mol. The average Bonchev–Trinajstić information content (AvgIpc) is 3.40. The number of carbonyl (C=O) groups is 1. The second kappa shape index (κ2) is 9.48. The van der Waals surface area contributed by atoms with E-state index in [1.165, 1.54) is 10.9 Å². The molecule has 5 rings (SSSR count). The highest BCUT2D eigenvalue weighted by atomic mass is 19.1. The standard InChI is InChI=1S/C25H23FN6O2/c1-17-11-20(15-33)24(32-29-7-8-30-32)23(12-17)31-9-10-34-16-21(31)14-19-13-18(3-4-22(19)26)25-27-5-2-6-28-25/h2-8,11-13,15,21H,9-10,14,16H2,1H3/t21-/m1/s1. The second-order valence-corrected chi connectivity index (χ2v) is 8.16. The molecule has 0 bridgehead atoms. The highest BCUT2D eigenvalue weighted by molar-refractivity contribution is 5.87. The summed E-state index contributed by atoms with van der Waals surface area (Å²) in [6.07, 6.45) is 7.68. The van der Waals surface area contributed by atoms with Gasteiger partial charge in [-0.3, -0.25) is 4.79 Å². The van der Waals surface area contributed by atoms with Gasteiger partial charge in [-0.15, -0.1) is 4.80 Å². The number of rotatable bonds is 6. The summed E-state index contributed by atoms with van der Waals surface area (Å²) in [5, 5.41) is 8.53. The number of aromatic nitrogens is 5. The molecule has 1 atom stereocenters. The molecule has 0 saturated carbocycles. The molecule has 4 aromatic rings. The number of halogens is 1. The van der Waals surface area contributed by atoms with Gasteiger partial charge in [-0.1, -0.05) is 0 Å². The molecule has 0 amide bonds. The Labute approximate surface area is 196 Å². The molecule has 0 aliphatic carbocycles.